The number of nitrogens with one attached hydrogen (secondary N) is 1. The molecule has 2 heteroatoms. The lowest BCUT2D eigenvalue weighted by atomic mass is 9.87. The predicted octanol–water partition coefficient (Wildman–Crippen LogP) is 2.29. The maximum atomic E-state index is 5.93. The molecule has 2 fully saturated rings. The Morgan fingerprint density at radius 2 is 1.85 bits per heavy atom. The first-order chi connectivity index (χ1) is 6.02. The smallest absolute Gasteiger partial charge is 0.119 e. The van der Waals surface area contributed by atoms with Crippen molar-refractivity contribution in [3.8, 4) is 0 Å². The largest absolute Gasteiger partial charge is 0.359 e. The van der Waals surface area contributed by atoms with Crippen molar-refractivity contribution in [1.29, 1.82) is 0 Å². The SMILES string of the molecule is CC(C)(C)[C@H]1COC2(CCCC2)N1. The third kappa shape index (κ3) is 1.75. The molecule has 1 atom stereocenters. The van der Waals surface area contributed by atoms with Crippen LogP contribution in [0.25, 0.3) is 0 Å². The molecule has 0 radical (unpaired) electrons. The van der Waals surface area contributed by atoms with E-state index in [2.05, 4.69) is 26.1 Å². The summed E-state index contributed by atoms with van der Waals surface area (Å²) in [7, 11) is 0. The molecule has 0 aromatic heterocycles. The summed E-state index contributed by atoms with van der Waals surface area (Å²) in [5, 5.41) is 3.68. The molecule has 0 bridgehead atoms. The van der Waals surface area contributed by atoms with Crippen molar-refractivity contribution in [1.82, 2.24) is 5.32 Å². The van der Waals surface area contributed by atoms with Crippen molar-refractivity contribution in [2.45, 2.75) is 58.2 Å². The fourth-order valence-corrected chi connectivity index (χ4v) is 2.35. The van der Waals surface area contributed by atoms with Crippen LogP contribution in [0.5, 0.6) is 0 Å². The van der Waals surface area contributed by atoms with Gasteiger partial charge in [-0.3, -0.25) is 5.32 Å². The Morgan fingerprint density at radius 3 is 2.31 bits per heavy atom. The molecule has 76 valence electrons. The van der Waals surface area contributed by atoms with E-state index in [0.29, 0.717) is 11.5 Å². The van der Waals surface area contributed by atoms with Crippen molar-refractivity contribution in [3.05, 3.63) is 0 Å². The average Bonchev–Trinajstić information content (AvgIpc) is 2.60. The van der Waals surface area contributed by atoms with Gasteiger partial charge in [0.15, 0.2) is 0 Å². The highest BCUT2D eigenvalue weighted by Crippen LogP contribution is 2.37. The zero-order valence-electron chi connectivity index (χ0n) is 9.02. The standard InChI is InChI=1S/C11H21NO/c1-10(2,3)9-8-13-11(12-9)6-4-5-7-11/h9,12H,4-8H2,1-3H3/t9-/m1/s1. The Hall–Kier alpha value is -0.0800. The molecule has 1 N–H and O–H groups in total. The first-order valence-electron chi connectivity index (χ1n) is 5.44. The highest BCUT2D eigenvalue weighted by molar-refractivity contribution is 4.96. The van der Waals surface area contributed by atoms with Gasteiger partial charge < -0.3 is 4.74 Å². The molecule has 1 heterocycles. The molecule has 1 spiro atoms. The summed E-state index contributed by atoms with van der Waals surface area (Å²) >= 11 is 0. The maximum absolute atomic E-state index is 5.93. The summed E-state index contributed by atoms with van der Waals surface area (Å²) < 4.78 is 5.93. The normalized spacial score (nSPS) is 33.0. The molecule has 0 aromatic rings. The molecule has 1 saturated carbocycles. The fourth-order valence-electron chi connectivity index (χ4n) is 2.35. The molecule has 1 saturated heterocycles. The molecule has 13 heavy (non-hydrogen) atoms. The third-order valence-corrected chi connectivity index (χ3v) is 3.42. The molecule has 2 aliphatic rings. The number of rotatable bonds is 0. The van der Waals surface area contributed by atoms with Crippen LogP contribution in [0.1, 0.15) is 46.5 Å². The summed E-state index contributed by atoms with van der Waals surface area (Å²) in [6.07, 6.45) is 5.06. The van der Waals surface area contributed by atoms with Gasteiger partial charge in [0.05, 0.1) is 6.61 Å². The molecular weight excluding hydrogens is 162 g/mol. The van der Waals surface area contributed by atoms with E-state index in [1.807, 2.05) is 0 Å². The monoisotopic (exact) mass is 183 g/mol. The predicted molar refractivity (Wildman–Crippen MR) is 53.5 cm³/mol. The van der Waals surface area contributed by atoms with Crippen molar-refractivity contribution >= 4 is 0 Å². The van der Waals surface area contributed by atoms with E-state index in [1.165, 1.54) is 25.7 Å². The quantitative estimate of drug-likeness (QED) is 0.622. The van der Waals surface area contributed by atoms with Crippen molar-refractivity contribution in [3.63, 3.8) is 0 Å². The van der Waals surface area contributed by atoms with Crippen LogP contribution in [-0.2, 0) is 4.74 Å². The number of hydrogen-bond acceptors (Lipinski definition) is 2. The Balaban J connectivity index is 2.01. The fraction of sp³-hybridized carbons (Fsp3) is 1.00. The molecule has 0 amide bonds. The Bertz CT molecular complexity index is 189. The highest BCUT2D eigenvalue weighted by atomic mass is 16.5. The van der Waals surface area contributed by atoms with Crippen LogP contribution in [0.4, 0.5) is 0 Å². The first kappa shape index (κ1) is 9.47. The topological polar surface area (TPSA) is 21.3 Å². The summed E-state index contributed by atoms with van der Waals surface area (Å²) in [4.78, 5) is 0. The zero-order valence-corrected chi connectivity index (χ0v) is 9.02. The summed E-state index contributed by atoms with van der Waals surface area (Å²) in [6.45, 7) is 7.73. The zero-order chi connectivity index (χ0) is 9.53. The van der Waals surface area contributed by atoms with Crippen LogP contribution in [-0.4, -0.2) is 18.4 Å². The first-order valence-corrected chi connectivity index (χ1v) is 5.44. The van der Waals surface area contributed by atoms with Gasteiger partial charge in [-0.2, -0.15) is 0 Å². The van der Waals surface area contributed by atoms with Gasteiger partial charge in [0.2, 0.25) is 0 Å². The van der Waals surface area contributed by atoms with Crippen LogP contribution in [0.3, 0.4) is 0 Å². The molecule has 0 aromatic carbocycles. The third-order valence-electron chi connectivity index (χ3n) is 3.42. The van der Waals surface area contributed by atoms with E-state index in [1.54, 1.807) is 0 Å². The van der Waals surface area contributed by atoms with Gasteiger partial charge in [-0.15, -0.1) is 0 Å². The minimum Gasteiger partial charge on any atom is -0.359 e. The molecule has 2 rings (SSSR count). The van der Waals surface area contributed by atoms with Gasteiger partial charge >= 0.3 is 0 Å². The van der Waals surface area contributed by atoms with Crippen LogP contribution in [0.15, 0.2) is 0 Å². The second-order valence-electron chi connectivity index (χ2n) is 5.58. The van der Waals surface area contributed by atoms with E-state index < -0.39 is 0 Å². The molecule has 0 unspecified atom stereocenters. The van der Waals surface area contributed by atoms with E-state index in [9.17, 15) is 0 Å². The van der Waals surface area contributed by atoms with Crippen molar-refractivity contribution in [2.75, 3.05) is 6.61 Å². The highest BCUT2D eigenvalue weighted by Gasteiger charge is 2.44. The van der Waals surface area contributed by atoms with E-state index in [4.69, 9.17) is 4.74 Å². The van der Waals surface area contributed by atoms with E-state index in [0.717, 1.165) is 6.61 Å². The van der Waals surface area contributed by atoms with E-state index >= 15 is 0 Å². The van der Waals surface area contributed by atoms with Gasteiger partial charge in [0.25, 0.3) is 0 Å². The minimum absolute atomic E-state index is 0.0674. The molecule has 1 aliphatic carbocycles. The Labute approximate surface area is 81.0 Å². The summed E-state index contributed by atoms with van der Waals surface area (Å²) in [5.41, 5.74) is 0.393. The second-order valence-corrected chi connectivity index (χ2v) is 5.58. The Morgan fingerprint density at radius 1 is 1.23 bits per heavy atom. The van der Waals surface area contributed by atoms with E-state index in [-0.39, 0.29) is 5.72 Å². The van der Waals surface area contributed by atoms with Crippen molar-refractivity contribution < 1.29 is 4.74 Å². The van der Waals surface area contributed by atoms with Crippen LogP contribution < -0.4 is 5.32 Å². The van der Waals surface area contributed by atoms with Gasteiger partial charge in [-0.05, 0) is 31.1 Å². The van der Waals surface area contributed by atoms with Crippen LogP contribution in [0.2, 0.25) is 0 Å². The van der Waals surface area contributed by atoms with Gasteiger partial charge in [0.1, 0.15) is 5.72 Å². The van der Waals surface area contributed by atoms with Crippen molar-refractivity contribution in [2.24, 2.45) is 5.41 Å². The summed E-state index contributed by atoms with van der Waals surface area (Å²) in [6, 6.07) is 0.533. The molecule has 1 aliphatic heterocycles. The van der Waals surface area contributed by atoms with Gasteiger partial charge in [-0.1, -0.05) is 20.8 Å². The minimum atomic E-state index is 0.0674. The lowest BCUT2D eigenvalue weighted by Gasteiger charge is -2.29. The maximum Gasteiger partial charge on any atom is 0.119 e. The van der Waals surface area contributed by atoms with Crippen LogP contribution in [0, 0.1) is 5.41 Å². The number of ether oxygens (including phenoxy) is 1. The second kappa shape index (κ2) is 2.96. The Kier molecular flexibility index (Phi) is 2.16. The number of hydrogen-bond donors (Lipinski definition) is 1. The average molecular weight is 183 g/mol. The lowest BCUT2D eigenvalue weighted by molar-refractivity contribution is -0.00369. The van der Waals surface area contributed by atoms with Gasteiger partial charge in [0, 0.05) is 6.04 Å². The molecular formula is C11H21NO. The molecule has 2 nitrogen and oxygen atoms in total. The van der Waals surface area contributed by atoms with Gasteiger partial charge in [-0.25, -0.2) is 0 Å². The summed E-state index contributed by atoms with van der Waals surface area (Å²) in [5.74, 6) is 0. The lowest BCUT2D eigenvalue weighted by Crippen LogP contribution is -2.46. The van der Waals surface area contributed by atoms with Crippen LogP contribution >= 0.6 is 0 Å².